The fourth-order valence-corrected chi connectivity index (χ4v) is 5.45. The summed E-state index contributed by atoms with van der Waals surface area (Å²) >= 11 is 6.31. The normalized spacial score (nSPS) is 14.5. The van der Waals surface area contributed by atoms with Crippen LogP contribution >= 0.6 is 11.6 Å². The molecule has 0 saturated carbocycles. The summed E-state index contributed by atoms with van der Waals surface area (Å²) in [6.45, 7) is 14.8. The number of non-ortho nitro benzene ring substituents is 1. The molecule has 11 heteroatoms. The predicted molar refractivity (Wildman–Crippen MR) is 151 cm³/mol. The number of carbonyl (C=O) groups is 1. The highest BCUT2D eigenvalue weighted by Crippen LogP contribution is 2.38. The number of rotatable bonds is 6. The van der Waals surface area contributed by atoms with Gasteiger partial charge in [-0.3, -0.25) is 14.9 Å². The maximum atomic E-state index is 13.6. The van der Waals surface area contributed by atoms with Gasteiger partial charge < -0.3 is 18.7 Å². The average molecular weight is 557 g/mol. The summed E-state index contributed by atoms with van der Waals surface area (Å²) in [5.41, 5.74) is 2.40. The Hall–Kier alpha value is -3.37. The monoisotopic (exact) mass is 556 g/mol. The van der Waals surface area contributed by atoms with Crippen molar-refractivity contribution in [3.63, 3.8) is 0 Å². The quantitative estimate of drug-likeness (QED) is 0.192. The predicted octanol–water partition coefficient (Wildman–Crippen LogP) is 6.56. The van der Waals surface area contributed by atoms with Crippen molar-refractivity contribution in [1.82, 2.24) is 10.1 Å². The summed E-state index contributed by atoms with van der Waals surface area (Å²) in [7, 11) is -1.97. The first kappa shape index (κ1) is 27.7. The SMILES string of the molecule is Cc1onc(-c2ccc(O[Si](C)(C)C(C)(C)C)cc2)c1C(=O)N1CCN(c2ccc([N+](=O)[O-])cc2Cl)CC1. The fourth-order valence-electron chi connectivity index (χ4n) is 4.12. The molecule has 1 aliphatic rings. The largest absolute Gasteiger partial charge is 0.544 e. The number of piperazine rings is 1. The maximum absolute atomic E-state index is 13.6. The highest BCUT2D eigenvalue weighted by molar-refractivity contribution is 6.74. The van der Waals surface area contributed by atoms with Gasteiger partial charge in [0.1, 0.15) is 22.8 Å². The van der Waals surface area contributed by atoms with E-state index in [1.54, 1.807) is 17.9 Å². The van der Waals surface area contributed by atoms with E-state index in [2.05, 4.69) is 39.0 Å². The molecule has 4 rings (SSSR count). The van der Waals surface area contributed by atoms with E-state index < -0.39 is 13.2 Å². The molecule has 0 atom stereocenters. The standard InChI is InChI=1S/C27H33ClN4O5Si/c1-18-24(25(29-36-18)19-7-10-21(11-8-19)37-38(5,6)27(2,3)4)26(33)31-15-13-30(14-16-31)23-12-9-20(32(34)35)17-22(23)28/h7-12,17H,13-16H2,1-6H3. The van der Waals surface area contributed by atoms with Gasteiger partial charge in [0, 0.05) is 43.9 Å². The lowest BCUT2D eigenvalue weighted by Gasteiger charge is -2.36. The minimum atomic E-state index is -1.97. The van der Waals surface area contributed by atoms with E-state index in [4.69, 9.17) is 20.6 Å². The van der Waals surface area contributed by atoms with Gasteiger partial charge in [0.05, 0.1) is 15.6 Å². The van der Waals surface area contributed by atoms with Crippen LogP contribution in [0.4, 0.5) is 11.4 Å². The van der Waals surface area contributed by atoms with Crippen LogP contribution < -0.4 is 9.33 Å². The molecule has 0 bridgehead atoms. The molecule has 0 unspecified atom stereocenters. The minimum Gasteiger partial charge on any atom is -0.544 e. The minimum absolute atomic E-state index is 0.0531. The van der Waals surface area contributed by atoms with Crippen molar-refractivity contribution in [3.05, 3.63) is 68.9 Å². The zero-order valence-corrected chi connectivity index (χ0v) is 24.3. The number of hydrogen-bond acceptors (Lipinski definition) is 7. The number of aryl methyl sites for hydroxylation is 1. The van der Waals surface area contributed by atoms with E-state index in [-0.39, 0.29) is 16.6 Å². The second kappa shape index (κ2) is 10.4. The lowest BCUT2D eigenvalue weighted by molar-refractivity contribution is -0.384. The van der Waals surface area contributed by atoms with E-state index in [1.807, 2.05) is 29.2 Å². The van der Waals surface area contributed by atoms with Gasteiger partial charge in [0.2, 0.25) is 8.32 Å². The van der Waals surface area contributed by atoms with Gasteiger partial charge in [-0.05, 0) is 55.4 Å². The number of hydrogen-bond donors (Lipinski definition) is 0. The molecule has 0 N–H and O–H groups in total. The third kappa shape index (κ3) is 5.56. The molecular weight excluding hydrogens is 524 g/mol. The Morgan fingerprint density at radius 2 is 1.74 bits per heavy atom. The lowest BCUT2D eigenvalue weighted by atomic mass is 10.0. The van der Waals surface area contributed by atoms with Crippen molar-refractivity contribution in [3.8, 4) is 17.0 Å². The van der Waals surface area contributed by atoms with Gasteiger partial charge >= 0.3 is 0 Å². The molecule has 1 aliphatic heterocycles. The smallest absolute Gasteiger partial charge is 0.271 e. The van der Waals surface area contributed by atoms with Crippen LogP contribution in [-0.2, 0) is 0 Å². The van der Waals surface area contributed by atoms with E-state index in [1.165, 1.54) is 12.1 Å². The first-order chi connectivity index (χ1) is 17.8. The molecule has 1 aromatic heterocycles. The topological polar surface area (TPSA) is 102 Å². The highest BCUT2D eigenvalue weighted by Gasteiger charge is 2.39. The summed E-state index contributed by atoms with van der Waals surface area (Å²) in [4.78, 5) is 27.9. The number of benzene rings is 2. The maximum Gasteiger partial charge on any atom is 0.271 e. The summed E-state index contributed by atoms with van der Waals surface area (Å²) in [6, 6.07) is 12.1. The number of anilines is 1. The number of carbonyl (C=O) groups excluding carboxylic acids is 1. The Labute approximate surface area is 228 Å². The van der Waals surface area contributed by atoms with Gasteiger partial charge in [-0.2, -0.15) is 0 Å². The molecule has 3 aromatic rings. The zero-order chi connectivity index (χ0) is 27.8. The van der Waals surface area contributed by atoms with Crippen LogP contribution in [0.1, 0.15) is 36.9 Å². The molecule has 2 heterocycles. The van der Waals surface area contributed by atoms with Gasteiger partial charge in [-0.25, -0.2) is 0 Å². The Kier molecular flexibility index (Phi) is 7.58. The van der Waals surface area contributed by atoms with Gasteiger partial charge in [0.25, 0.3) is 11.6 Å². The van der Waals surface area contributed by atoms with Crippen molar-refractivity contribution in [2.45, 2.75) is 45.8 Å². The van der Waals surface area contributed by atoms with Crippen molar-refractivity contribution in [2.75, 3.05) is 31.1 Å². The third-order valence-electron chi connectivity index (χ3n) is 7.43. The molecule has 0 spiro atoms. The first-order valence-corrected chi connectivity index (χ1v) is 15.8. The van der Waals surface area contributed by atoms with Gasteiger partial charge in [-0.1, -0.05) is 37.5 Å². The third-order valence-corrected chi connectivity index (χ3v) is 12.1. The second-order valence-electron chi connectivity index (χ2n) is 11.0. The highest BCUT2D eigenvalue weighted by atomic mass is 35.5. The first-order valence-electron chi connectivity index (χ1n) is 12.5. The fraction of sp³-hybridized carbons (Fsp3) is 0.407. The van der Waals surface area contributed by atoms with Crippen LogP contribution in [0.5, 0.6) is 5.75 Å². The lowest BCUT2D eigenvalue weighted by Crippen LogP contribution is -2.49. The summed E-state index contributed by atoms with van der Waals surface area (Å²) < 4.78 is 11.8. The Balaban J connectivity index is 1.47. The van der Waals surface area contributed by atoms with Crippen molar-refractivity contribution in [1.29, 1.82) is 0 Å². The average Bonchev–Trinajstić information content (AvgIpc) is 3.24. The molecule has 1 amide bonds. The van der Waals surface area contributed by atoms with Gasteiger partial charge in [-0.15, -0.1) is 0 Å². The summed E-state index contributed by atoms with van der Waals surface area (Å²) in [5, 5.41) is 15.6. The number of aromatic nitrogens is 1. The Morgan fingerprint density at radius 1 is 1.11 bits per heavy atom. The van der Waals surface area contributed by atoms with E-state index in [0.29, 0.717) is 53.9 Å². The number of nitrogens with zero attached hydrogens (tertiary/aromatic N) is 4. The van der Waals surface area contributed by atoms with E-state index in [9.17, 15) is 14.9 Å². The van der Waals surface area contributed by atoms with Crippen LogP contribution in [0.3, 0.4) is 0 Å². The molecule has 38 heavy (non-hydrogen) atoms. The molecule has 9 nitrogen and oxygen atoms in total. The van der Waals surface area contributed by atoms with Crippen molar-refractivity contribution < 1.29 is 18.7 Å². The number of amides is 1. The molecule has 2 aromatic carbocycles. The van der Waals surface area contributed by atoms with Crippen LogP contribution in [0.2, 0.25) is 23.2 Å². The summed E-state index contributed by atoms with van der Waals surface area (Å²) in [5.74, 6) is 1.12. The molecular formula is C27H33ClN4O5Si. The molecule has 1 fully saturated rings. The molecule has 202 valence electrons. The Morgan fingerprint density at radius 3 is 2.29 bits per heavy atom. The number of nitro benzene ring substituents is 1. The molecule has 0 radical (unpaired) electrons. The number of halogens is 1. The van der Waals surface area contributed by atoms with E-state index >= 15 is 0 Å². The Bertz CT molecular complexity index is 1340. The van der Waals surface area contributed by atoms with E-state index in [0.717, 1.165) is 11.3 Å². The van der Waals surface area contributed by atoms with Gasteiger partial charge in [0.15, 0.2) is 0 Å². The van der Waals surface area contributed by atoms with Crippen molar-refractivity contribution in [2.24, 2.45) is 0 Å². The second-order valence-corrected chi connectivity index (χ2v) is 16.2. The zero-order valence-electron chi connectivity index (χ0n) is 22.6. The van der Waals surface area contributed by atoms with Crippen LogP contribution in [0, 0.1) is 17.0 Å². The van der Waals surface area contributed by atoms with Crippen LogP contribution in [0.25, 0.3) is 11.3 Å². The molecule has 1 saturated heterocycles. The molecule has 0 aliphatic carbocycles. The van der Waals surface area contributed by atoms with Crippen molar-refractivity contribution >= 4 is 37.2 Å². The number of nitro groups is 1. The summed E-state index contributed by atoms with van der Waals surface area (Å²) in [6.07, 6.45) is 0. The van der Waals surface area contributed by atoms with Crippen LogP contribution in [-0.4, -0.2) is 55.4 Å². The van der Waals surface area contributed by atoms with Crippen LogP contribution in [0.15, 0.2) is 47.0 Å².